The van der Waals surface area contributed by atoms with E-state index in [2.05, 4.69) is 26.1 Å². The van der Waals surface area contributed by atoms with Crippen molar-refractivity contribution in [3.05, 3.63) is 0 Å². The van der Waals surface area contributed by atoms with Gasteiger partial charge in [-0.25, -0.2) is 0 Å². The molecule has 3 heterocycles. The quantitative estimate of drug-likeness (QED) is 0.205. The van der Waals surface area contributed by atoms with Crippen molar-refractivity contribution >= 4 is 5.91 Å². The lowest BCUT2D eigenvalue weighted by Gasteiger charge is -2.47. The molecule has 0 aromatic carbocycles. The fraction of sp³-hybridized carbons (Fsp3) is 0.968. The first-order valence-electron chi connectivity index (χ1n) is 16.5. The summed E-state index contributed by atoms with van der Waals surface area (Å²) < 4.78 is 24.5. The van der Waals surface area contributed by atoms with Crippen LogP contribution in [0.4, 0.5) is 0 Å². The second-order valence-electron chi connectivity index (χ2n) is 12.7. The van der Waals surface area contributed by atoms with Gasteiger partial charge in [-0.05, 0) is 57.3 Å². The third kappa shape index (κ3) is 9.54. The van der Waals surface area contributed by atoms with Crippen LogP contribution in [0.5, 0.6) is 0 Å². The lowest BCUT2D eigenvalue weighted by atomic mass is 9.85. The van der Waals surface area contributed by atoms with Gasteiger partial charge in [0.15, 0.2) is 12.6 Å². The Kier molecular flexibility index (Phi) is 15.0. The molecule has 14 atom stereocenters. The summed E-state index contributed by atoms with van der Waals surface area (Å²) in [7, 11) is 0. The Morgan fingerprint density at radius 3 is 2.23 bits per heavy atom. The van der Waals surface area contributed by atoms with Gasteiger partial charge in [-0.1, -0.05) is 46.5 Å². The van der Waals surface area contributed by atoms with E-state index in [1.165, 1.54) is 0 Å². The molecule has 3 aliphatic rings. The summed E-state index contributed by atoms with van der Waals surface area (Å²) in [6.45, 7) is 8.10. The Bertz CT molecular complexity index is 821. The molecule has 3 fully saturated rings. The van der Waals surface area contributed by atoms with E-state index in [1.54, 1.807) is 6.92 Å². The van der Waals surface area contributed by atoms with Gasteiger partial charge in [0.25, 0.3) is 0 Å². The highest BCUT2D eigenvalue weighted by atomic mass is 16.8. The van der Waals surface area contributed by atoms with Crippen molar-refractivity contribution in [2.75, 3.05) is 13.2 Å². The zero-order chi connectivity index (χ0) is 31.7. The van der Waals surface area contributed by atoms with Gasteiger partial charge in [0.2, 0.25) is 5.91 Å². The number of rotatable bonds is 8. The normalized spacial score (nSPS) is 44.4. The number of carbonyl (C=O) groups excluding carboxylic acids is 1. The fourth-order valence-corrected chi connectivity index (χ4v) is 6.74. The van der Waals surface area contributed by atoms with Crippen molar-refractivity contribution in [2.24, 2.45) is 23.5 Å². The van der Waals surface area contributed by atoms with Crippen LogP contribution < -0.4 is 11.1 Å². The van der Waals surface area contributed by atoms with E-state index in [0.29, 0.717) is 12.5 Å². The molecule has 0 unspecified atom stereocenters. The SMILES string of the molecule is CC[C@H]1CCC[C@@H](CC)C(=O)NCCC[C@@H](CC)[C@H](O[C@@H]2O[C@H](C)[C@@H](O)[C@H](N)[C@@H]2O[C@H]2O[C@H](CO)[C@@H](O)[C@H](O)[C@H]2O)CC1. The van der Waals surface area contributed by atoms with Crippen LogP contribution in [0, 0.1) is 17.8 Å². The van der Waals surface area contributed by atoms with E-state index >= 15 is 0 Å². The van der Waals surface area contributed by atoms with E-state index in [-0.39, 0.29) is 23.8 Å². The van der Waals surface area contributed by atoms with Gasteiger partial charge in [0.05, 0.1) is 31.0 Å². The second-order valence-corrected chi connectivity index (χ2v) is 12.7. The maximum Gasteiger partial charge on any atom is 0.223 e. The molecule has 0 saturated carbocycles. The number of nitrogens with two attached hydrogens (primary N) is 1. The van der Waals surface area contributed by atoms with Crippen LogP contribution in [0.1, 0.15) is 91.9 Å². The van der Waals surface area contributed by atoms with Crippen LogP contribution in [0.3, 0.4) is 0 Å². The number of hydrogen-bond donors (Lipinski definition) is 7. The molecule has 0 bridgehead atoms. The Hall–Kier alpha value is -0.930. The highest BCUT2D eigenvalue weighted by Gasteiger charge is 2.50. The zero-order valence-electron chi connectivity index (χ0n) is 26.4. The van der Waals surface area contributed by atoms with E-state index in [9.17, 15) is 30.3 Å². The average Bonchev–Trinajstić information content (AvgIpc) is 3.00. The van der Waals surface area contributed by atoms with Crippen LogP contribution in [-0.2, 0) is 23.7 Å². The summed E-state index contributed by atoms with van der Waals surface area (Å²) in [5.41, 5.74) is 6.44. The van der Waals surface area contributed by atoms with Gasteiger partial charge < -0.3 is 55.5 Å². The molecule has 12 heteroatoms. The lowest BCUT2D eigenvalue weighted by Crippen LogP contribution is -2.66. The number of amides is 1. The van der Waals surface area contributed by atoms with E-state index in [0.717, 1.165) is 64.2 Å². The molecule has 12 nitrogen and oxygen atoms in total. The summed E-state index contributed by atoms with van der Waals surface area (Å²) in [4.78, 5) is 12.8. The molecule has 3 saturated heterocycles. The minimum atomic E-state index is -1.63. The smallest absolute Gasteiger partial charge is 0.223 e. The number of carbonyl (C=O) groups is 1. The molecule has 8 N–H and O–H groups in total. The van der Waals surface area contributed by atoms with Gasteiger partial charge in [0.1, 0.15) is 30.5 Å². The van der Waals surface area contributed by atoms with Crippen molar-refractivity contribution in [1.29, 1.82) is 0 Å². The number of ether oxygens (including phenoxy) is 4. The van der Waals surface area contributed by atoms with Crippen LogP contribution in [0.2, 0.25) is 0 Å². The van der Waals surface area contributed by atoms with Crippen molar-refractivity contribution < 1.29 is 49.3 Å². The number of nitrogens with one attached hydrogen (secondary N) is 1. The first kappa shape index (κ1) is 36.5. The topological polar surface area (TPSA) is 193 Å². The van der Waals surface area contributed by atoms with Crippen LogP contribution >= 0.6 is 0 Å². The van der Waals surface area contributed by atoms with Crippen molar-refractivity contribution in [3.63, 3.8) is 0 Å². The molecule has 1 amide bonds. The molecule has 43 heavy (non-hydrogen) atoms. The molecule has 3 rings (SSSR count). The van der Waals surface area contributed by atoms with Gasteiger partial charge in [0, 0.05) is 12.5 Å². The molecule has 3 aliphatic heterocycles. The Morgan fingerprint density at radius 2 is 1.58 bits per heavy atom. The molecular weight excluding hydrogens is 560 g/mol. The largest absolute Gasteiger partial charge is 0.394 e. The van der Waals surface area contributed by atoms with Crippen LogP contribution in [-0.4, -0.2) is 112 Å². The van der Waals surface area contributed by atoms with Gasteiger partial charge >= 0.3 is 0 Å². The summed E-state index contributed by atoms with van der Waals surface area (Å²) in [6, 6.07) is -0.968. The monoisotopic (exact) mass is 618 g/mol. The Balaban J connectivity index is 1.81. The maximum atomic E-state index is 12.8. The van der Waals surface area contributed by atoms with Crippen LogP contribution in [0.15, 0.2) is 0 Å². The van der Waals surface area contributed by atoms with Gasteiger partial charge in [-0.2, -0.15) is 0 Å². The highest BCUT2D eigenvalue weighted by molar-refractivity contribution is 5.78. The van der Waals surface area contributed by atoms with Gasteiger partial charge in [-0.3, -0.25) is 4.79 Å². The summed E-state index contributed by atoms with van der Waals surface area (Å²) in [5, 5.41) is 54.6. The minimum absolute atomic E-state index is 0.0594. The molecule has 252 valence electrons. The Labute approximate surface area is 256 Å². The molecule has 0 aromatic heterocycles. The summed E-state index contributed by atoms with van der Waals surface area (Å²) >= 11 is 0. The molecule has 0 aliphatic carbocycles. The number of aliphatic hydroxyl groups excluding tert-OH is 5. The van der Waals surface area contributed by atoms with E-state index < -0.39 is 68.0 Å². The van der Waals surface area contributed by atoms with E-state index in [1.807, 2.05) is 0 Å². The summed E-state index contributed by atoms with van der Waals surface area (Å²) in [6.07, 6.45) is -2.41. The maximum absolute atomic E-state index is 12.8. The predicted molar refractivity (Wildman–Crippen MR) is 159 cm³/mol. The fourth-order valence-electron chi connectivity index (χ4n) is 6.74. The second kappa shape index (κ2) is 17.7. The first-order valence-corrected chi connectivity index (χ1v) is 16.5. The lowest BCUT2D eigenvalue weighted by molar-refractivity contribution is -0.357. The number of hydrogen-bond acceptors (Lipinski definition) is 11. The number of aliphatic hydroxyl groups is 5. The highest BCUT2D eigenvalue weighted by Crippen LogP contribution is 2.34. The van der Waals surface area contributed by atoms with Crippen molar-refractivity contribution in [1.82, 2.24) is 5.32 Å². The van der Waals surface area contributed by atoms with Crippen molar-refractivity contribution in [3.8, 4) is 0 Å². The third-order valence-corrected chi connectivity index (χ3v) is 9.89. The minimum Gasteiger partial charge on any atom is -0.394 e. The van der Waals surface area contributed by atoms with Crippen LogP contribution in [0.25, 0.3) is 0 Å². The molecular formula is C31H58N2O10. The van der Waals surface area contributed by atoms with Crippen molar-refractivity contribution in [2.45, 2.75) is 159 Å². The average molecular weight is 619 g/mol. The molecule has 0 radical (unpaired) electrons. The summed E-state index contributed by atoms with van der Waals surface area (Å²) in [5.74, 6) is 0.848. The molecule has 0 aromatic rings. The predicted octanol–water partition coefficient (Wildman–Crippen LogP) is 0.929. The van der Waals surface area contributed by atoms with Gasteiger partial charge in [-0.15, -0.1) is 0 Å². The Morgan fingerprint density at radius 1 is 0.837 bits per heavy atom. The first-order chi connectivity index (χ1) is 20.6. The standard InChI is InChI=1S/C31H58N2O10/c1-5-18-10-8-11-20(7-3)29(39)33-15-9-12-19(6-2)21(14-13-18)41-31-28(23(32)24(35)17(4)40-31)43-30-27(38)26(37)25(36)22(16-34)42-30/h17-28,30-31,34-38H,5-16,32H2,1-4H3,(H,33,39)/t17-,18+,19-,20-,21-,22-,23+,24-,25-,26+,27-,28+,30-,31+/m1/s1. The van der Waals surface area contributed by atoms with E-state index in [4.69, 9.17) is 24.7 Å². The molecule has 0 spiro atoms. The third-order valence-electron chi connectivity index (χ3n) is 9.89. The zero-order valence-corrected chi connectivity index (χ0v) is 26.4.